The highest BCUT2D eigenvalue weighted by Crippen LogP contribution is 2.59. The highest BCUT2D eigenvalue weighted by molar-refractivity contribution is 5.49. The van der Waals surface area contributed by atoms with Crippen LogP contribution in [0.2, 0.25) is 0 Å². The number of hydrogen-bond acceptors (Lipinski definition) is 3. The van der Waals surface area contributed by atoms with Gasteiger partial charge in [-0.05, 0) is 61.5 Å². The van der Waals surface area contributed by atoms with E-state index in [4.69, 9.17) is 0 Å². The van der Waals surface area contributed by atoms with Crippen LogP contribution in [0.5, 0.6) is 0 Å². The quantitative estimate of drug-likeness (QED) is 0.672. The van der Waals surface area contributed by atoms with Crippen molar-refractivity contribution >= 4 is 11.4 Å². The third-order valence-corrected chi connectivity index (χ3v) is 5.86. The minimum absolute atomic E-state index is 0.166. The van der Waals surface area contributed by atoms with E-state index in [1.54, 1.807) is 12.1 Å². The molecule has 4 rings (SSSR count). The average Bonchev–Trinajstić information content (AvgIpc) is 3.11. The zero-order chi connectivity index (χ0) is 13.7. The first kappa shape index (κ1) is 12.2. The Labute approximate surface area is 118 Å². The van der Waals surface area contributed by atoms with Crippen LogP contribution in [0.15, 0.2) is 24.3 Å². The highest BCUT2D eigenvalue weighted by Gasteiger charge is 2.53. The van der Waals surface area contributed by atoms with Crippen LogP contribution in [0.4, 0.5) is 11.4 Å². The minimum atomic E-state index is -0.343. The summed E-state index contributed by atoms with van der Waals surface area (Å²) in [5.41, 5.74) is 1.20. The van der Waals surface area contributed by atoms with Crippen LogP contribution in [-0.2, 0) is 0 Å². The van der Waals surface area contributed by atoms with Crippen LogP contribution < -0.4 is 5.32 Å². The van der Waals surface area contributed by atoms with Crippen molar-refractivity contribution in [3.63, 3.8) is 0 Å². The monoisotopic (exact) mass is 272 g/mol. The van der Waals surface area contributed by atoms with Crippen LogP contribution in [-0.4, -0.2) is 11.0 Å². The maximum atomic E-state index is 10.7. The second-order valence-corrected chi connectivity index (χ2v) is 6.71. The zero-order valence-corrected chi connectivity index (χ0v) is 11.5. The van der Waals surface area contributed by atoms with Gasteiger partial charge in [0.15, 0.2) is 0 Å². The minimum Gasteiger partial charge on any atom is -0.382 e. The molecule has 0 saturated heterocycles. The molecule has 106 valence electrons. The van der Waals surface area contributed by atoms with E-state index in [1.807, 2.05) is 12.1 Å². The van der Waals surface area contributed by atoms with Gasteiger partial charge in [-0.15, -0.1) is 0 Å². The molecule has 0 heterocycles. The summed E-state index contributed by atoms with van der Waals surface area (Å²) in [6, 6.07) is 7.45. The Balaban J connectivity index is 1.46. The van der Waals surface area contributed by atoms with Crippen molar-refractivity contribution in [3.05, 3.63) is 34.4 Å². The standard InChI is InChI=1S/C16H20N2O2/c19-18(20)12-6-4-11(5-7-12)17-16-9-10-8-15(16)14-3-1-2-13(10)14/h4-7,10,13-17H,1-3,8-9H2. The fraction of sp³-hybridized carbons (Fsp3) is 0.625. The maximum absolute atomic E-state index is 10.7. The molecule has 3 fully saturated rings. The lowest BCUT2D eigenvalue weighted by molar-refractivity contribution is -0.384. The Morgan fingerprint density at radius 2 is 1.80 bits per heavy atom. The smallest absolute Gasteiger partial charge is 0.269 e. The van der Waals surface area contributed by atoms with Crippen molar-refractivity contribution in [1.82, 2.24) is 0 Å². The molecule has 5 atom stereocenters. The van der Waals surface area contributed by atoms with E-state index in [1.165, 1.54) is 32.1 Å². The van der Waals surface area contributed by atoms with E-state index < -0.39 is 0 Å². The number of nitrogens with zero attached hydrogens (tertiary/aromatic N) is 1. The number of anilines is 1. The largest absolute Gasteiger partial charge is 0.382 e. The van der Waals surface area contributed by atoms with E-state index in [-0.39, 0.29) is 10.6 Å². The first-order valence-electron chi connectivity index (χ1n) is 7.73. The van der Waals surface area contributed by atoms with Gasteiger partial charge in [0.1, 0.15) is 0 Å². The van der Waals surface area contributed by atoms with Crippen molar-refractivity contribution in [2.24, 2.45) is 23.7 Å². The molecule has 0 amide bonds. The second-order valence-electron chi connectivity index (χ2n) is 6.71. The molecule has 0 radical (unpaired) electrons. The number of rotatable bonds is 3. The van der Waals surface area contributed by atoms with Crippen LogP contribution in [0.3, 0.4) is 0 Å². The van der Waals surface area contributed by atoms with Gasteiger partial charge in [-0.1, -0.05) is 6.42 Å². The number of non-ortho nitro benzene ring substituents is 1. The molecular formula is C16H20N2O2. The molecule has 3 saturated carbocycles. The summed E-state index contributed by atoms with van der Waals surface area (Å²) >= 11 is 0. The second kappa shape index (κ2) is 4.47. The lowest BCUT2D eigenvalue weighted by atomic mass is 9.79. The third kappa shape index (κ3) is 1.81. The van der Waals surface area contributed by atoms with E-state index in [2.05, 4.69) is 5.32 Å². The SMILES string of the molecule is O=[N+]([O-])c1ccc(NC2CC3CC2C2CCCC32)cc1. The van der Waals surface area contributed by atoms with Gasteiger partial charge in [0.2, 0.25) is 0 Å². The molecule has 2 bridgehead atoms. The maximum Gasteiger partial charge on any atom is 0.269 e. The number of benzene rings is 1. The molecule has 4 nitrogen and oxygen atoms in total. The van der Waals surface area contributed by atoms with Gasteiger partial charge >= 0.3 is 0 Å². The topological polar surface area (TPSA) is 55.2 Å². The predicted octanol–water partition coefficient (Wildman–Crippen LogP) is 3.83. The van der Waals surface area contributed by atoms with Gasteiger partial charge in [0, 0.05) is 23.9 Å². The summed E-state index contributed by atoms with van der Waals surface area (Å²) < 4.78 is 0. The zero-order valence-electron chi connectivity index (χ0n) is 11.5. The molecule has 5 unspecified atom stereocenters. The first-order valence-corrected chi connectivity index (χ1v) is 7.73. The predicted molar refractivity (Wildman–Crippen MR) is 77.6 cm³/mol. The molecule has 3 aliphatic carbocycles. The number of nitro groups is 1. The number of nitrogens with one attached hydrogen (secondary N) is 1. The Morgan fingerprint density at radius 1 is 1.05 bits per heavy atom. The van der Waals surface area contributed by atoms with Gasteiger partial charge in [0.25, 0.3) is 5.69 Å². The Kier molecular flexibility index (Phi) is 2.72. The van der Waals surface area contributed by atoms with Gasteiger partial charge in [0.05, 0.1) is 4.92 Å². The molecule has 4 heteroatoms. The van der Waals surface area contributed by atoms with Crippen LogP contribution >= 0.6 is 0 Å². The van der Waals surface area contributed by atoms with Gasteiger partial charge in [-0.25, -0.2) is 0 Å². The van der Waals surface area contributed by atoms with Gasteiger partial charge in [-0.2, -0.15) is 0 Å². The molecule has 0 aliphatic heterocycles. The van der Waals surface area contributed by atoms with Crippen molar-refractivity contribution in [2.75, 3.05) is 5.32 Å². The summed E-state index contributed by atoms with van der Waals surface area (Å²) in [4.78, 5) is 10.3. The summed E-state index contributed by atoms with van der Waals surface area (Å²) in [5.74, 6) is 3.73. The summed E-state index contributed by atoms with van der Waals surface area (Å²) in [7, 11) is 0. The molecule has 0 spiro atoms. The number of hydrogen-bond donors (Lipinski definition) is 1. The molecule has 3 aliphatic rings. The van der Waals surface area contributed by atoms with Crippen LogP contribution in [0.25, 0.3) is 0 Å². The molecule has 1 aromatic carbocycles. The summed E-state index contributed by atoms with van der Waals surface area (Å²) in [6.45, 7) is 0. The van der Waals surface area contributed by atoms with Gasteiger partial charge < -0.3 is 5.32 Å². The molecule has 1 aromatic rings. The third-order valence-electron chi connectivity index (χ3n) is 5.86. The highest BCUT2D eigenvalue weighted by atomic mass is 16.6. The Bertz CT molecular complexity index is 528. The van der Waals surface area contributed by atoms with Crippen LogP contribution in [0.1, 0.15) is 32.1 Å². The Hall–Kier alpha value is -1.58. The molecule has 20 heavy (non-hydrogen) atoms. The lowest BCUT2D eigenvalue weighted by Gasteiger charge is -2.32. The summed E-state index contributed by atoms with van der Waals surface area (Å²) in [5, 5.41) is 14.3. The van der Waals surface area contributed by atoms with Crippen LogP contribution in [0, 0.1) is 33.8 Å². The Morgan fingerprint density at radius 3 is 2.55 bits per heavy atom. The fourth-order valence-corrected chi connectivity index (χ4v) is 5.13. The number of fused-ring (bicyclic) bond motifs is 5. The van der Waals surface area contributed by atoms with Crippen molar-refractivity contribution in [2.45, 2.75) is 38.1 Å². The van der Waals surface area contributed by atoms with E-state index in [0.717, 1.165) is 29.4 Å². The first-order chi connectivity index (χ1) is 9.72. The normalized spacial score (nSPS) is 37.9. The molecular weight excluding hydrogens is 252 g/mol. The van der Waals surface area contributed by atoms with Crippen molar-refractivity contribution in [3.8, 4) is 0 Å². The molecule has 0 aromatic heterocycles. The van der Waals surface area contributed by atoms with Crippen molar-refractivity contribution < 1.29 is 4.92 Å². The van der Waals surface area contributed by atoms with E-state index in [9.17, 15) is 10.1 Å². The van der Waals surface area contributed by atoms with E-state index >= 15 is 0 Å². The lowest BCUT2D eigenvalue weighted by Crippen LogP contribution is -2.33. The van der Waals surface area contributed by atoms with Crippen molar-refractivity contribution in [1.29, 1.82) is 0 Å². The van der Waals surface area contributed by atoms with E-state index in [0.29, 0.717) is 6.04 Å². The fourth-order valence-electron chi connectivity index (χ4n) is 5.13. The summed E-state index contributed by atoms with van der Waals surface area (Å²) in [6.07, 6.45) is 7.00. The molecule has 1 N–H and O–H groups in total. The number of nitro benzene ring substituents is 1. The average molecular weight is 272 g/mol. The van der Waals surface area contributed by atoms with Gasteiger partial charge in [-0.3, -0.25) is 10.1 Å².